The fourth-order valence-electron chi connectivity index (χ4n) is 2.45. The lowest BCUT2D eigenvalue weighted by atomic mass is 10.1. The molecule has 0 saturated heterocycles. The number of aliphatic carboxylic acids is 1. The highest BCUT2D eigenvalue weighted by molar-refractivity contribution is 5.80. The van der Waals surface area contributed by atoms with E-state index in [0.29, 0.717) is 5.92 Å². The van der Waals surface area contributed by atoms with Crippen molar-refractivity contribution in [3.05, 3.63) is 48.0 Å². The normalized spacial score (nSPS) is 16.0. The molecule has 0 radical (unpaired) electrons. The Bertz CT molecular complexity index is 742. The van der Waals surface area contributed by atoms with Crippen LogP contribution < -0.4 is 5.32 Å². The van der Waals surface area contributed by atoms with Crippen LogP contribution in [0.15, 0.2) is 36.7 Å². The van der Waals surface area contributed by atoms with Gasteiger partial charge in [-0.25, -0.2) is 19.3 Å². The van der Waals surface area contributed by atoms with E-state index in [1.54, 1.807) is 6.92 Å². The third-order valence-electron chi connectivity index (χ3n) is 4.12. The van der Waals surface area contributed by atoms with Gasteiger partial charge in [-0.3, -0.25) is 0 Å². The smallest absolute Gasteiger partial charge is 0.408 e. The Morgan fingerprint density at radius 1 is 1.36 bits per heavy atom. The van der Waals surface area contributed by atoms with Gasteiger partial charge in [-0.1, -0.05) is 30.3 Å². The molecule has 2 N–H and O–H groups in total. The first-order valence-corrected chi connectivity index (χ1v) is 8.15. The maximum atomic E-state index is 11.9. The van der Waals surface area contributed by atoms with Gasteiger partial charge in [-0.15, -0.1) is 0 Å². The lowest BCUT2D eigenvalue weighted by Crippen LogP contribution is -2.46. The number of carboxylic acids is 1. The van der Waals surface area contributed by atoms with E-state index >= 15 is 0 Å². The number of aromatic nitrogens is 3. The van der Waals surface area contributed by atoms with E-state index in [1.807, 2.05) is 30.3 Å². The van der Waals surface area contributed by atoms with E-state index in [9.17, 15) is 14.7 Å². The molecule has 2 unspecified atom stereocenters. The van der Waals surface area contributed by atoms with Gasteiger partial charge in [0, 0.05) is 5.92 Å². The topological polar surface area (TPSA) is 106 Å². The van der Waals surface area contributed by atoms with Gasteiger partial charge < -0.3 is 15.2 Å². The summed E-state index contributed by atoms with van der Waals surface area (Å²) in [5.74, 6) is -0.0594. The number of rotatable bonds is 7. The summed E-state index contributed by atoms with van der Waals surface area (Å²) < 4.78 is 6.57. The van der Waals surface area contributed by atoms with Crippen LogP contribution in [0.1, 0.15) is 43.1 Å². The van der Waals surface area contributed by atoms with Crippen LogP contribution in [0.2, 0.25) is 0 Å². The zero-order valence-corrected chi connectivity index (χ0v) is 13.8. The summed E-state index contributed by atoms with van der Waals surface area (Å²) in [4.78, 5) is 27.7. The van der Waals surface area contributed by atoms with Crippen molar-refractivity contribution in [2.75, 3.05) is 0 Å². The molecule has 0 aliphatic heterocycles. The van der Waals surface area contributed by atoms with E-state index in [-0.39, 0.29) is 6.61 Å². The minimum atomic E-state index is -1.17. The van der Waals surface area contributed by atoms with Crippen LogP contribution in [0.4, 0.5) is 4.79 Å². The fraction of sp³-hybridized carbons (Fsp3) is 0.412. The molecule has 2 atom stereocenters. The predicted octanol–water partition coefficient (Wildman–Crippen LogP) is 2.10. The lowest BCUT2D eigenvalue weighted by molar-refractivity contribution is -0.140. The van der Waals surface area contributed by atoms with Gasteiger partial charge in [0.15, 0.2) is 11.9 Å². The van der Waals surface area contributed by atoms with E-state index in [0.717, 1.165) is 24.2 Å². The van der Waals surface area contributed by atoms with Crippen molar-refractivity contribution < 1.29 is 19.4 Å². The Labute approximate surface area is 144 Å². The number of nitrogens with zero attached hydrogens (tertiary/aromatic N) is 3. The third kappa shape index (κ3) is 4.34. The molecule has 8 heteroatoms. The average molecular weight is 344 g/mol. The molecule has 1 amide bonds. The van der Waals surface area contributed by atoms with E-state index in [4.69, 9.17) is 4.74 Å². The SMILES string of the molecule is CC(C(NC(=O)OCc1ccccc1)C(=O)O)n1cnc(C2CC2)n1. The van der Waals surface area contributed by atoms with Gasteiger partial charge in [0.05, 0.1) is 6.04 Å². The number of carboxylic acid groups (broad SMARTS) is 1. The number of carbonyl (C=O) groups is 2. The molecule has 3 rings (SSSR count). The molecule has 132 valence electrons. The van der Waals surface area contributed by atoms with Gasteiger partial charge in [-0.05, 0) is 25.3 Å². The summed E-state index contributed by atoms with van der Waals surface area (Å²) >= 11 is 0. The second-order valence-corrected chi connectivity index (χ2v) is 6.12. The molecule has 0 bridgehead atoms. The molecular weight excluding hydrogens is 324 g/mol. The summed E-state index contributed by atoms with van der Waals surface area (Å²) in [6.07, 6.45) is 2.84. The zero-order chi connectivity index (χ0) is 17.8. The van der Waals surface area contributed by atoms with Crippen LogP contribution in [0, 0.1) is 0 Å². The summed E-state index contributed by atoms with van der Waals surface area (Å²) in [6.45, 7) is 1.74. The second kappa shape index (κ2) is 7.33. The maximum Gasteiger partial charge on any atom is 0.408 e. The molecule has 1 heterocycles. The highest BCUT2D eigenvalue weighted by Crippen LogP contribution is 2.37. The minimum absolute atomic E-state index is 0.0720. The van der Waals surface area contributed by atoms with Gasteiger partial charge in [0.2, 0.25) is 0 Å². The number of ether oxygens (including phenoxy) is 1. The highest BCUT2D eigenvalue weighted by Gasteiger charge is 2.32. The fourth-order valence-corrected chi connectivity index (χ4v) is 2.45. The lowest BCUT2D eigenvalue weighted by Gasteiger charge is -2.21. The Hall–Kier alpha value is -2.90. The Morgan fingerprint density at radius 2 is 2.08 bits per heavy atom. The maximum absolute atomic E-state index is 11.9. The molecule has 2 aromatic rings. The highest BCUT2D eigenvalue weighted by atomic mass is 16.5. The number of hydrogen-bond donors (Lipinski definition) is 2. The molecule has 25 heavy (non-hydrogen) atoms. The van der Waals surface area contributed by atoms with Crippen molar-refractivity contribution >= 4 is 12.1 Å². The first kappa shape index (κ1) is 16.9. The van der Waals surface area contributed by atoms with Crippen molar-refractivity contribution in [2.45, 2.75) is 44.4 Å². The Balaban J connectivity index is 1.59. The van der Waals surface area contributed by atoms with Crippen molar-refractivity contribution in [1.29, 1.82) is 0 Å². The standard InChI is InChI=1S/C17H20N4O4/c1-11(21-10-18-15(20-21)13-7-8-13)14(16(22)23)19-17(24)25-9-12-5-3-2-4-6-12/h2-6,10-11,13-14H,7-9H2,1H3,(H,19,24)(H,22,23). The first-order chi connectivity index (χ1) is 12.0. The van der Waals surface area contributed by atoms with Gasteiger partial charge in [-0.2, -0.15) is 5.10 Å². The quantitative estimate of drug-likeness (QED) is 0.796. The van der Waals surface area contributed by atoms with Crippen molar-refractivity contribution in [2.24, 2.45) is 0 Å². The van der Waals surface area contributed by atoms with Crippen LogP contribution >= 0.6 is 0 Å². The summed E-state index contributed by atoms with van der Waals surface area (Å²) in [5, 5.41) is 16.2. The van der Waals surface area contributed by atoms with Crippen molar-refractivity contribution in [3.63, 3.8) is 0 Å². The number of nitrogens with one attached hydrogen (secondary N) is 1. The average Bonchev–Trinajstić information content (AvgIpc) is 3.35. The van der Waals surface area contributed by atoms with E-state index in [1.165, 1.54) is 11.0 Å². The summed E-state index contributed by atoms with van der Waals surface area (Å²) in [5.41, 5.74) is 0.822. The number of alkyl carbamates (subject to hydrolysis) is 1. The number of hydrogen-bond acceptors (Lipinski definition) is 5. The minimum Gasteiger partial charge on any atom is -0.480 e. The van der Waals surface area contributed by atoms with Gasteiger partial charge in [0.1, 0.15) is 12.9 Å². The van der Waals surface area contributed by atoms with Crippen LogP contribution in [0.5, 0.6) is 0 Å². The molecule has 8 nitrogen and oxygen atoms in total. The molecule has 1 aromatic carbocycles. The molecule has 1 aliphatic carbocycles. The van der Waals surface area contributed by atoms with Gasteiger partial charge >= 0.3 is 12.1 Å². The summed E-state index contributed by atoms with van der Waals surface area (Å²) in [6, 6.07) is 7.40. The first-order valence-electron chi connectivity index (χ1n) is 8.15. The predicted molar refractivity (Wildman–Crippen MR) is 87.9 cm³/mol. The van der Waals surface area contributed by atoms with Gasteiger partial charge in [0.25, 0.3) is 0 Å². The number of amides is 1. The van der Waals surface area contributed by atoms with Crippen molar-refractivity contribution in [1.82, 2.24) is 20.1 Å². The second-order valence-electron chi connectivity index (χ2n) is 6.12. The molecule has 1 aromatic heterocycles. The number of benzene rings is 1. The molecule has 0 spiro atoms. The van der Waals surface area contributed by atoms with E-state index in [2.05, 4.69) is 15.4 Å². The van der Waals surface area contributed by atoms with Crippen LogP contribution in [0.25, 0.3) is 0 Å². The summed E-state index contributed by atoms with van der Waals surface area (Å²) in [7, 11) is 0. The molecular formula is C17H20N4O4. The molecule has 1 aliphatic rings. The Morgan fingerprint density at radius 3 is 2.72 bits per heavy atom. The number of carbonyl (C=O) groups excluding carboxylic acids is 1. The van der Waals surface area contributed by atoms with Crippen molar-refractivity contribution in [3.8, 4) is 0 Å². The monoisotopic (exact) mass is 344 g/mol. The van der Waals surface area contributed by atoms with Crippen LogP contribution in [-0.2, 0) is 16.1 Å². The van der Waals surface area contributed by atoms with Crippen LogP contribution in [0.3, 0.4) is 0 Å². The molecule has 1 fully saturated rings. The Kier molecular flexibility index (Phi) is 4.97. The molecule has 1 saturated carbocycles. The van der Waals surface area contributed by atoms with Crippen LogP contribution in [-0.4, -0.2) is 38.0 Å². The zero-order valence-electron chi connectivity index (χ0n) is 13.8. The largest absolute Gasteiger partial charge is 0.480 e. The van der Waals surface area contributed by atoms with E-state index < -0.39 is 24.1 Å². The third-order valence-corrected chi connectivity index (χ3v) is 4.12.